The molecule has 0 unspecified atom stereocenters. The number of nitrogens with zero attached hydrogens (tertiary/aromatic N) is 1. The molecule has 2 amide bonds. The number of aliphatic hydroxyl groups is 1. The molecule has 0 spiro atoms. The third kappa shape index (κ3) is 9.97. The standard InChI is InChI=1S/C40H69NO9Si2/c1-17-30(36(43)41-32(26(2)3)25-47-37(41)44)33(42)31(24-48-51(13,14)38(5,6)7)35(50-52(15,16)39(8,9)10)40(11)34(49-40)27(4)22-46-23-28-18-20-29(45-12)21-19-28/h17-21,26-27,30-35,42H,1,22-25H2,2-16H3/t27-,30-,31-,32+,33-,34+,35-,40+/m0/s1. The van der Waals surface area contributed by atoms with Crippen molar-refractivity contribution in [2.45, 2.75) is 142 Å². The second kappa shape index (κ2) is 16.7. The Balaban J connectivity index is 2.02. The molecule has 0 aliphatic carbocycles. The highest BCUT2D eigenvalue weighted by Gasteiger charge is 2.65. The third-order valence-electron chi connectivity index (χ3n) is 12.1. The van der Waals surface area contributed by atoms with Gasteiger partial charge in [-0.1, -0.05) is 80.5 Å². The number of amides is 2. The first-order chi connectivity index (χ1) is 23.8. The van der Waals surface area contributed by atoms with Crippen LogP contribution in [-0.4, -0.2) is 95.5 Å². The van der Waals surface area contributed by atoms with E-state index in [1.54, 1.807) is 7.11 Å². The van der Waals surface area contributed by atoms with Gasteiger partial charge in [-0.05, 0) is 66.8 Å². The molecule has 2 saturated heterocycles. The molecule has 1 aromatic carbocycles. The van der Waals surface area contributed by atoms with Crippen LogP contribution in [0.1, 0.15) is 74.8 Å². The Hall–Kier alpha value is -2.07. The molecule has 3 rings (SSSR count). The molecule has 52 heavy (non-hydrogen) atoms. The van der Waals surface area contributed by atoms with Crippen molar-refractivity contribution in [3.05, 3.63) is 42.5 Å². The quantitative estimate of drug-likeness (QED) is 0.0898. The summed E-state index contributed by atoms with van der Waals surface area (Å²) in [4.78, 5) is 28.3. The van der Waals surface area contributed by atoms with Crippen LogP contribution in [-0.2, 0) is 34.5 Å². The molecule has 1 aromatic rings. The number of hydrogen-bond donors (Lipinski definition) is 1. The minimum absolute atomic E-state index is 0.00382. The SMILES string of the molecule is C=C[C@H](C(=O)N1C(=O)OC[C@@H]1C(C)C)[C@H](O)[C@H](CO[Si](C)(C)C(C)(C)C)[C@H](O[Si](C)(C)C(C)(C)C)[C@]1(C)O[C@@H]1[C@@H](C)COCc1ccc(OC)cc1. The van der Waals surface area contributed by atoms with Gasteiger partial charge in [-0.3, -0.25) is 4.79 Å². The van der Waals surface area contributed by atoms with Crippen molar-refractivity contribution < 1.29 is 42.5 Å². The van der Waals surface area contributed by atoms with Crippen LogP contribution < -0.4 is 4.74 Å². The van der Waals surface area contributed by atoms with Crippen LogP contribution in [0.15, 0.2) is 36.9 Å². The fraction of sp³-hybridized carbons (Fsp3) is 0.750. The van der Waals surface area contributed by atoms with Crippen LogP contribution in [0.25, 0.3) is 0 Å². The molecule has 0 bridgehead atoms. The fourth-order valence-corrected chi connectivity index (χ4v) is 8.76. The van der Waals surface area contributed by atoms with E-state index in [-0.39, 0.29) is 41.2 Å². The number of carbonyl (C=O) groups excluding carboxylic acids is 2. The van der Waals surface area contributed by atoms with E-state index in [4.69, 9.17) is 27.8 Å². The van der Waals surface area contributed by atoms with E-state index in [2.05, 4.69) is 81.2 Å². The maximum Gasteiger partial charge on any atom is 0.417 e. The predicted molar refractivity (Wildman–Crippen MR) is 210 cm³/mol. The maximum absolute atomic E-state index is 14.3. The second-order valence-electron chi connectivity index (χ2n) is 18.4. The summed E-state index contributed by atoms with van der Waals surface area (Å²) in [6.45, 7) is 34.9. The van der Waals surface area contributed by atoms with Crippen molar-refractivity contribution in [3.63, 3.8) is 0 Å². The first-order valence-corrected chi connectivity index (χ1v) is 24.6. The van der Waals surface area contributed by atoms with Crippen LogP contribution in [0.2, 0.25) is 36.3 Å². The topological polar surface area (TPSA) is 116 Å². The van der Waals surface area contributed by atoms with Crippen LogP contribution in [0, 0.1) is 23.7 Å². The van der Waals surface area contributed by atoms with Gasteiger partial charge in [0.05, 0.1) is 50.6 Å². The van der Waals surface area contributed by atoms with Gasteiger partial charge < -0.3 is 32.9 Å². The molecular weight excluding hydrogens is 695 g/mol. The summed E-state index contributed by atoms with van der Waals surface area (Å²) in [6.07, 6.45) is -1.44. The number of epoxide rings is 1. The molecule has 2 aliphatic heterocycles. The lowest BCUT2D eigenvalue weighted by Crippen LogP contribution is -2.57. The van der Waals surface area contributed by atoms with E-state index < -0.39 is 64.3 Å². The van der Waals surface area contributed by atoms with E-state index >= 15 is 0 Å². The van der Waals surface area contributed by atoms with Crippen LogP contribution >= 0.6 is 0 Å². The van der Waals surface area contributed by atoms with Crippen molar-refractivity contribution in [2.24, 2.45) is 23.7 Å². The van der Waals surface area contributed by atoms with Crippen LogP contribution in [0.4, 0.5) is 4.79 Å². The molecule has 2 fully saturated rings. The highest BCUT2D eigenvalue weighted by atomic mass is 28.4. The van der Waals surface area contributed by atoms with E-state index in [0.717, 1.165) is 16.2 Å². The Kier molecular flexibility index (Phi) is 14.3. The summed E-state index contributed by atoms with van der Waals surface area (Å²) in [5.41, 5.74) is 0.224. The second-order valence-corrected chi connectivity index (χ2v) is 28.0. The average molecular weight is 764 g/mol. The number of imide groups is 1. The van der Waals surface area contributed by atoms with Gasteiger partial charge in [0.1, 0.15) is 18.0 Å². The molecule has 1 N–H and O–H groups in total. The molecule has 2 heterocycles. The average Bonchev–Trinajstić information content (AvgIpc) is 3.58. The maximum atomic E-state index is 14.3. The van der Waals surface area contributed by atoms with Gasteiger partial charge in [0.2, 0.25) is 5.91 Å². The largest absolute Gasteiger partial charge is 0.497 e. The zero-order valence-corrected chi connectivity index (χ0v) is 36.7. The van der Waals surface area contributed by atoms with Gasteiger partial charge in [0.25, 0.3) is 0 Å². The zero-order valence-electron chi connectivity index (χ0n) is 34.7. The normalized spacial score (nSPS) is 24.2. The summed E-state index contributed by atoms with van der Waals surface area (Å²) in [5.74, 6) is -1.59. The van der Waals surface area contributed by atoms with Gasteiger partial charge in [0.15, 0.2) is 16.6 Å². The van der Waals surface area contributed by atoms with Crippen LogP contribution in [0.5, 0.6) is 5.75 Å². The summed E-state index contributed by atoms with van der Waals surface area (Å²) < 4.78 is 37.6. The Morgan fingerprint density at radius 2 is 1.62 bits per heavy atom. The molecule has 0 radical (unpaired) electrons. The third-order valence-corrected chi connectivity index (χ3v) is 21.1. The summed E-state index contributed by atoms with van der Waals surface area (Å²) in [5, 5.41) is 12.2. The summed E-state index contributed by atoms with van der Waals surface area (Å²) >= 11 is 0. The smallest absolute Gasteiger partial charge is 0.417 e. The lowest BCUT2D eigenvalue weighted by atomic mass is 9.79. The highest BCUT2D eigenvalue weighted by Crippen LogP contribution is 2.51. The lowest BCUT2D eigenvalue weighted by molar-refractivity contribution is -0.139. The van der Waals surface area contributed by atoms with E-state index in [1.807, 2.05) is 45.0 Å². The Morgan fingerprint density at radius 1 is 1.04 bits per heavy atom. The molecule has 0 aromatic heterocycles. The number of methoxy groups -OCH3 is 1. The Labute approximate surface area is 316 Å². The Morgan fingerprint density at radius 3 is 2.12 bits per heavy atom. The lowest BCUT2D eigenvalue weighted by Gasteiger charge is -2.46. The number of rotatable bonds is 18. The molecule has 0 saturated carbocycles. The number of benzene rings is 1. The van der Waals surface area contributed by atoms with Gasteiger partial charge in [-0.2, -0.15) is 0 Å². The molecule has 8 atom stereocenters. The zero-order chi connectivity index (χ0) is 39.6. The van der Waals surface area contributed by atoms with Crippen molar-refractivity contribution in [1.29, 1.82) is 0 Å². The van der Waals surface area contributed by atoms with E-state index in [0.29, 0.717) is 13.2 Å². The summed E-state index contributed by atoms with van der Waals surface area (Å²) in [6, 6.07) is 7.37. The van der Waals surface area contributed by atoms with Crippen molar-refractivity contribution in [1.82, 2.24) is 4.90 Å². The first-order valence-electron chi connectivity index (χ1n) is 18.8. The molecular formula is C40H69NO9Si2. The number of cyclic esters (lactones) is 1. The van der Waals surface area contributed by atoms with Crippen molar-refractivity contribution >= 4 is 28.6 Å². The van der Waals surface area contributed by atoms with Crippen molar-refractivity contribution in [2.75, 3.05) is 26.9 Å². The van der Waals surface area contributed by atoms with Gasteiger partial charge in [0, 0.05) is 18.4 Å². The fourth-order valence-electron chi connectivity index (χ4n) is 6.32. The van der Waals surface area contributed by atoms with E-state index in [9.17, 15) is 14.7 Å². The molecule has 296 valence electrons. The number of carbonyl (C=O) groups is 2. The van der Waals surface area contributed by atoms with Gasteiger partial charge in [-0.25, -0.2) is 9.69 Å². The molecule has 2 aliphatic rings. The molecule has 10 nitrogen and oxygen atoms in total. The van der Waals surface area contributed by atoms with Gasteiger partial charge >= 0.3 is 6.09 Å². The monoisotopic (exact) mass is 763 g/mol. The van der Waals surface area contributed by atoms with Crippen LogP contribution in [0.3, 0.4) is 0 Å². The number of hydrogen-bond acceptors (Lipinski definition) is 9. The Bertz CT molecular complexity index is 1370. The number of aliphatic hydroxyl groups excluding tert-OH is 1. The minimum atomic E-state index is -2.51. The predicted octanol–water partition coefficient (Wildman–Crippen LogP) is 8.20. The highest BCUT2D eigenvalue weighted by molar-refractivity contribution is 6.74. The van der Waals surface area contributed by atoms with E-state index in [1.165, 1.54) is 6.08 Å². The van der Waals surface area contributed by atoms with Crippen molar-refractivity contribution in [3.8, 4) is 5.75 Å². The first kappa shape index (κ1) is 44.3. The minimum Gasteiger partial charge on any atom is -0.497 e. The molecule has 12 heteroatoms. The number of ether oxygens (including phenoxy) is 4. The summed E-state index contributed by atoms with van der Waals surface area (Å²) in [7, 11) is -3.20. The van der Waals surface area contributed by atoms with Gasteiger partial charge in [-0.15, -0.1) is 6.58 Å².